The van der Waals surface area contributed by atoms with Crippen molar-refractivity contribution in [2.45, 2.75) is 39.3 Å². The Labute approximate surface area is 71.3 Å². The van der Waals surface area contributed by atoms with Crippen LogP contribution in [0.25, 0.3) is 0 Å². The Morgan fingerprint density at radius 3 is 1.18 bits per heavy atom. The summed E-state index contributed by atoms with van der Waals surface area (Å²) in [6, 6.07) is 0. The smallest absolute Gasteiger partial charge is 0.0947 e. The molecule has 0 spiro atoms. The molecule has 0 amide bonds. The Hall–Kier alpha value is -0.0962. The van der Waals surface area contributed by atoms with Crippen molar-refractivity contribution >= 4 is 21.1 Å². The highest BCUT2D eigenvalue weighted by molar-refractivity contribution is 7.32. The second-order valence-electron chi connectivity index (χ2n) is 4.95. The van der Waals surface area contributed by atoms with Gasteiger partial charge in [-0.3, -0.25) is 0 Å². The summed E-state index contributed by atoms with van der Waals surface area (Å²) in [4.78, 5) is 1.12. The Morgan fingerprint density at radius 2 is 1.18 bits per heavy atom. The molecule has 0 aromatic rings. The van der Waals surface area contributed by atoms with E-state index in [2.05, 4.69) is 44.4 Å². The van der Waals surface area contributed by atoms with Gasteiger partial charge in [0.05, 0.1) is 16.1 Å². The van der Waals surface area contributed by atoms with Gasteiger partial charge in [0.1, 0.15) is 0 Å². The zero-order valence-corrected chi connectivity index (χ0v) is 10.4. The van der Waals surface area contributed by atoms with Crippen LogP contribution >= 0.6 is 0 Å². The van der Waals surface area contributed by atoms with Gasteiger partial charge in [0.2, 0.25) is 0 Å². The molecule has 0 saturated heterocycles. The molecule has 0 radical (unpaired) electrons. The molecule has 0 aromatic carbocycles. The molecule has 0 fully saturated rings. The zero-order chi connectivity index (χ0) is 9.28. The molecule has 66 valence electrons. The molecule has 2 nitrogen and oxygen atoms in total. The summed E-state index contributed by atoms with van der Waals surface area (Å²) < 4.78 is 0. The normalized spacial score (nSPS) is 12.9. The van der Waals surface area contributed by atoms with Gasteiger partial charge in [0.25, 0.3) is 0 Å². The van der Waals surface area contributed by atoms with Crippen LogP contribution in [0.4, 0.5) is 0 Å². The molecule has 0 aromatic heterocycles. The van der Waals surface area contributed by atoms with Crippen molar-refractivity contribution in [3.05, 3.63) is 0 Å². The number of nitrogens with zero attached hydrogens (tertiary/aromatic N) is 1. The minimum absolute atomic E-state index is 1.12. The van der Waals surface area contributed by atoms with Gasteiger partial charge in [-0.2, -0.15) is 0 Å². The topological polar surface area (TPSA) is 32.6 Å². The maximum Gasteiger partial charge on any atom is 0.0947 e. The van der Waals surface area contributed by atoms with E-state index in [1.165, 1.54) is 0 Å². The van der Waals surface area contributed by atoms with Crippen molar-refractivity contribution in [3.63, 3.8) is 0 Å². The number of hydrogen-bond acceptors (Lipinski definition) is 2. The summed E-state index contributed by atoms with van der Waals surface area (Å²) in [5.74, 6) is 0. The lowest BCUT2D eigenvalue weighted by molar-refractivity contribution is 0.321. The highest BCUT2D eigenvalue weighted by Gasteiger charge is 2.33. The first-order valence-electron chi connectivity index (χ1n) is 3.92. The Bertz CT molecular complexity index is 148. The van der Waals surface area contributed by atoms with Crippen molar-refractivity contribution in [1.82, 2.24) is 0 Å². The first kappa shape index (κ1) is 10.9. The SMILES string of the molecule is C[Si](C)(C)C(=NO)[Si](C)(C)C. The molecule has 0 bridgehead atoms. The molecule has 0 unspecified atom stereocenters. The molecular formula is C7H19NOSi2. The van der Waals surface area contributed by atoms with Crippen LogP contribution < -0.4 is 0 Å². The van der Waals surface area contributed by atoms with Gasteiger partial charge in [0.15, 0.2) is 0 Å². The van der Waals surface area contributed by atoms with Crippen LogP contribution in [0.15, 0.2) is 5.16 Å². The second kappa shape index (κ2) is 3.10. The van der Waals surface area contributed by atoms with Crippen LogP contribution in [0.5, 0.6) is 0 Å². The fraction of sp³-hybridized carbons (Fsp3) is 0.857. The summed E-state index contributed by atoms with van der Waals surface area (Å²) in [6.45, 7) is 13.3. The van der Waals surface area contributed by atoms with Gasteiger partial charge < -0.3 is 5.21 Å². The lowest BCUT2D eigenvalue weighted by Crippen LogP contribution is -2.49. The summed E-state index contributed by atoms with van der Waals surface area (Å²) >= 11 is 0. The monoisotopic (exact) mass is 189 g/mol. The molecule has 0 rings (SSSR count). The first-order chi connectivity index (χ1) is 4.69. The molecule has 0 saturated carbocycles. The standard InChI is InChI=1S/C7H19NOSi2/c1-10(2,3)7(8-9)11(4,5)6/h9H,1-6H3. The Balaban J connectivity index is 4.74. The van der Waals surface area contributed by atoms with Crippen molar-refractivity contribution < 1.29 is 5.21 Å². The summed E-state index contributed by atoms with van der Waals surface area (Å²) in [6.07, 6.45) is 0. The highest BCUT2D eigenvalue weighted by atomic mass is 28.4. The largest absolute Gasteiger partial charge is 0.412 e. The van der Waals surface area contributed by atoms with E-state index >= 15 is 0 Å². The summed E-state index contributed by atoms with van der Waals surface area (Å²) in [5.41, 5.74) is 0. The van der Waals surface area contributed by atoms with Gasteiger partial charge in [0, 0.05) is 4.96 Å². The molecule has 4 heteroatoms. The van der Waals surface area contributed by atoms with Crippen LogP contribution in [-0.4, -0.2) is 26.3 Å². The van der Waals surface area contributed by atoms with Crippen molar-refractivity contribution in [2.24, 2.45) is 5.16 Å². The third-order valence-corrected chi connectivity index (χ3v) is 9.06. The molecule has 0 atom stereocenters. The predicted molar refractivity (Wildman–Crippen MR) is 55.9 cm³/mol. The van der Waals surface area contributed by atoms with E-state index < -0.39 is 16.1 Å². The molecule has 1 N–H and O–H groups in total. The fourth-order valence-corrected chi connectivity index (χ4v) is 11.0. The van der Waals surface area contributed by atoms with Crippen molar-refractivity contribution in [1.29, 1.82) is 0 Å². The van der Waals surface area contributed by atoms with E-state index in [0.717, 1.165) is 4.96 Å². The van der Waals surface area contributed by atoms with Gasteiger partial charge >= 0.3 is 0 Å². The molecular weight excluding hydrogens is 170 g/mol. The quantitative estimate of drug-likeness (QED) is 0.308. The lowest BCUT2D eigenvalue weighted by atomic mass is 11.6. The van der Waals surface area contributed by atoms with Crippen molar-refractivity contribution in [3.8, 4) is 0 Å². The maximum absolute atomic E-state index is 8.85. The van der Waals surface area contributed by atoms with Crippen LogP contribution in [0, 0.1) is 0 Å². The third-order valence-electron chi connectivity index (χ3n) is 1.52. The van der Waals surface area contributed by atoms with E-state index in [-0.39, 0.29) is 0 Å². The van der Waals surface area contributed by atoms with Crippen LogP contribution in [0.2, 0.25) is 39.3 Å². The molecule has 0 aliphatic rings. The predicted octanol–water partition coefficient (Wildman–Crippen LogP) is 2.57. The summed E-state index contributed by atoms with van der Waals surface area (Å²) in [7, 11) is -2.72. The minimum atomic E-state index is -1.36. The van der Waals surface area contributed by atoms with Gasteiger partial charge in [-0.05, 0) is 0 Å². The number of hydrogen-bond donors (Lipinski definition) is 1. The molecule has 0 aliphatic carbocycles. The third kappa shape index (κ3) is 3.20. The van der Waals surface area contributed by atoms with Crippen molar-refractivity contribution in [2.75, 3.05) is 0 Å². The minimum Gasteiger partial charge on any atom is -0.412 e. The second-order valence-corrected chi connectivity index (χ2v) is 15.4. The van der Waals surface area contributed by atoms with Crippen LogP contribution in [0.3, 0.4) is 0 Å². The maximum atomic E-state index is 8.85. The van der Waals surface area contributed by atoms with Gasteiger partial charge in [-0.15, -0.1) is 5.16 Å². The molecule has 11 heavy (non-hydrogen) atoms. The Morgan fingerprint density at radius 1 is 0.909 bits per heavy atom. The van der Waals surface area contributed by atoms with E-state index in [1.807, 2.05) is 0 Å². The van der Waals surface area contributed by atoms with E-state index in [4.69, 9.17) is 5.21 Å². The number of oxime groups is 1. The lowest BCUT2D eigenvalue weighted by Gasteiger charge is -2.27. The molecule has 0 heterocycles. The van der Waals surface area contributed by atoms with E-state index in [1.54, 1.807) is 0 Å². The molecule has 0 aliphatic heterocycles. The van der Waals surface area contributed by atoms with Gasteiger partial charge in [-0.1, -0.05) is 39.3 Å². The first-order valence-corrected chi connectivity index (χ1v) is 10.9. The zero-order valence-electron chi connectivity index (χ0n) is 8.39. The Kier molecular flexibility index (Phi) is 3.08. The van der Waals surface area contributed by atoms with Crippen LogP contribution in [-0.2, 0) is 0 Å². The van der Waals surface area contributed by atoms with Crippen LogP contribution in [0.1, 0.15) is 0 Å². The number of rotatable bonds is 2. The highest BCUT2D eigenvalue weighted by Crippen LogP contribution is 2.14. The fourth-order valence-electron chi connectivity index (χ4n) is 1.43. The summed E-state index contributed by atoms with van der Waals surface area (Å²) in [5, 5.41) is 12.3. The van der Waals surface area contributed by atoms with E-state index in [9.17, 15) is 0 Å². The average molecular weight is 189 g/mol. The average Bonchev–Trinajstić information content (AvgIpc) is 1.56. The van der Waals surface area contributed by atoms with E-state index in [0.29, 0.717) is 0 Å². The van der Waals surface area contributed by atoms with Gasteiger partial charge in [-0.25, -0.2) is 0 Å².